The van der Waals surface area contributed by atoms with Gasteiger partial charge in [-0.15, -0.1) is 0 Å². The summed E-state index contributed by atoms with van der Waals surface area (Å²) in [6, 6.07) is 5.15. The summed E-state index contributed by atoms with van der Waals surface area (Å²) in [5.74, 6) is 5.48. The van der Waals surface area contributed by atoms with Crippen LogP contribution in [-0.4, -0.2) is 12.7 Å². The van der Waals surface area contributed by atoms with Crippen LogP contribution in [0.2, 0.25) is 10.0 Å². The third kappa shape index (κ3) is 3.61. The molecule has 0 aromatic heterocycles. The van der Waals surface area contributed by atoms with Crippen molar-refractivity contribution in [3.05, 3.63) is 33.8 Å². The van der Waals surface area contributed by atoms with E-state index in [0.717, 1.165) is 5.56 Å². The van der Waals surface area contributed by atoms with Gasteiger partial charge in [0.2, 0.25) is 0 Å². The van der Waals surface area contributed by atoms with Crippen molar-refractivity contribution in [3.63, 3.8) is 0 Å². The van der Waals surface area contributed by atoms with Gasteiger partial charge >= 0.3 is 0 Å². The van der Waals surface area contributed by atoms with Crippen molar-refractivity contribution in [3.8, 4) is 0 Å². The minimum absolute atomic E-state index is 0.136. The van der Waals surface area contributed by atoms with E-state index in [-0.39, 0.29) is 12.1 Å². The van der Waals surface area contributed by atoms with Gasteiger partial charge in [-0.25, -0.2) is 0 Å². The van der Waals surface area contributed by atoms with Crippen molar-refractivity contribution >= 4 is 23.2 Å². The molecule has 16 heavy (non-hydrogen) atoms. The number of ether oxygens (including phenoxy) is 1. The lowest BCUT2D eigenvalue weighted by Crippen LogP contribution is -2.32. The molecule has 3 nitrogen and oxygen atoms in total. The SMILES string of the molecule is CC(C)OCC(NN)c1c(Cl)cccc1Cl. The summed E-state index contributed by atoms with van der Waals surface area (Å²) < 4.78 is 5.50. The molecule has 0 heterocycles. The minimum atomic E-state index is -0.205. The molecule has 1 unspecified atom stereocenters. The lowest BCUT2D eigenvalue weighted by molar-refractivity contribution is 0.0612. The Morgan fingerprint density at radius 1 is 1.31 bits per heavy atom. The molecule has 0 aliphatic carbocycles. The number of benzene rings is 1. The van der Waals surface area contributed by atoms with Crippen molar-refractivity contribution in [2.24, 2.45) is 5.84 Å². The summed E-state index contributed by atoms with van der Waals surface area (Å²) in [5, 5.41) is 1.17. The van der Waals surface area contributed by atoms with Gasteiger partial charge in [-0.2, -0.15) is 0 Å². The summed E-state index contributed by atoms with van der Waals surface area (Å²) in [4.78, 5) is 0. The van der Waals surface area contributed by atoms with E-state index in [1.165, 1.54) is 0 Å². The highest BCUT2D eigenvalue weighted by molar-refractivity contribution is 6.36. The molecule has 1 aromatic carbocycles. The molecular formula is C11H16Cl2N2O. The van der Waals surface area contributed by atoms with Crippen LogP contribution in [0.25, 0.3) is 0 Å². The Kier molecular flexibility index (Phi) is 5.52. The van der Waals surface area contributed by atoms with Crippen molar-refractivity contribution in [2.45, 2.75) is 26.0 Å². The summed E-state index contributed by atoms with van der Waals surface area (Å²) >= 11 is 12.2. The number of halogens is 2. The molecule has 3 N–H and O–H groups in total. The molecule has 0 saturated carbocycles. The van der Waals surface area contributed by atoms with Gasteiger partial charge in [0, 0.05) is 15.6 Å². The van der Waals surface area contributed by atoms with Crippen molar-refractivity contribution in [2.75, 3.05) is 6.61 Å². The highest BCUT2D eigenvalue weighted by Crippen LogP contribution is 2.30. The Bertz CT molecular complexity index is 325. The van der Waals surface area contributed by atoms with Crippen LogP contribution in [0.3, 0.4) is 0 Å². The van der Waals surface area contributed by atoms with E-state index in [1.54, 1.807) is 18.2 Å². The third-order valence-corrected chi connectivity index (χ3v) is 2.80. The van der Waals surface area contributed by atoms with Gasteiger partial charge in [0.05, 0.1) is 18.8 Å². The molecule has 1 aromatic rings. The quantitative estimate of drug-likeness (QED) is 0.634. The fourth-order valence-corrected chi connectivity index (χ4v) is 2.01. The van der Waals surface area contributed by atoms with E-state index in [1.807, 2.05) is 13.8 Å². The molecule has 0 aliphatic rings. The predicted molar refractivity (Wildman–Crippen MR) is 67.6 cm³/mol. The van der Waals surface area contributed by atoms with E-state index in [2.05, 4.69) is 5.43 Å². The predicted octanol–water partition coefficient (Wildman–Crippen LogP) is 2.92. The first-order valence-corrected chi connectivity index (χ1v) is 5.83. The Hall–Kier alpha value is -0.320. The normalized spacial score (nSPS) is 13.1. The molecule has 0 spiro atoms. The molecule has 1 rings (SSSR count). The number of nitrogens with two attached hydrogens (primary N) is 1. The van der Waals surface area contributed by atoms with Crippen LogP contribution >= 0.6 is 23.2 Å². The highest BCUT2D eigenvalue weighted by atomic mass is 35.5. The average molecular weight is 263 g/mol. The van der Waals surface area contributed by atoms with Crippen LogP contribution in [0, 0.1) is 0 Å². The smallest absolute Gasteiger partial charge is 0.0723 e. The molecule has 0 fully saturated rings. The van der Waals surface area contributed by atoms with Crippen molar-refractivity contribution in [1.29, 1.82) is 0 Å². The molecule has 0 amide bonds. The maximum absolute atomic E-state index is 6.08. The monoisotopic (exact) mass is 262 g/mol. The zero-order valence-electron chi connectivity index (χ0n) is 9.34. The maximum Gasteiger partial charge on any atom is 0.0723 e. The first-order valence-electron chi connectivity index (χ1n) is 5.08. The molecular weight excluding hydrogens is 247 g/mol. The van der Waals surface area contributed by atoms with Gasteiger partial charge in [-0.1, -0.05) is 29.3 Å². The van der Waals surface area contributed by atoms with Crippen LogP contribution in [0.1, 0.15) is 25.5 Å². The van der Waals surface area contributed by atoms with Crippen molar-refractivity contribution < 1.29 is 4.74 Å². The van der Waals surface area contributed by atoms with E-state index >= 15 is 0 Å². The van der Waals surface area contributed by atoms with Crippen LogP contribution in [0.4, 0.5) is 0 Å². The molecule has 90 valence electrons. The summed E-state index contributed by atoms with van der Waals surface area (Å²) in [6.45, 7) is 4.35. The molecule has 0 bridgehead atoms. The largest absolute Gasteiger partial charge is 0.377 e. The number of hydrogen-bond donors (Lipinski definition) is 2. The van der Waals surface area contributed by atoms with Crippen LogP contribution in [0.5, 0.6) is 0 Å². The molecule has 0 saturated heterocycles. The molecule has 1 atom stereocenters. The zero-order chi connectivity index (χ0) is 12.1. The van der Waals surface area contributed by atoms with Crippen LogP contribution < -0.4 is 11.3 Å². The first kappa shape index (κ1) is 13.7. The Balaban J connectivity index is 2.86. The zero-order valence-corrected chi connectivity index (χ0v) is 10.8. The van der Waals surface area contributed by atoms with E-state index < -0.39 is 0 Å². The van der Waals surface area contributed by atoms with Gasteiger partial charge in [-0.3, -0.25) is 11.3 Å². The van der Waals surface area contributed by atoms with Gasteiger partial charge in [0.1, 0.15) is 0 Å². The van der Waals surface area contributed by atoms with Gasteiger partial charge < -0.3 is 4.74 Å². The standard InChI is InChI=1S/C11H16Cl2N2O/c1-7(2)16-6-10(15-14)11-8(12)4-3-5-9(11)13/h3-5,7,10,15H,6,14H2,1-2H3. The van der Waals surface area contributed by atoms with Crippen LogP contribution in [0.15, 0.2) is 18.2 Å². The van der Waals surface area contributed by atoms with E-state index in [9.17, 15) is 0 Å². The fourth-order valence-electron chi connectivity index (χ4n) is 1.35. The Labute approximate surface area is 106 Å². The number of hydrazine groups is 1. The summed E-state index contributed by atoms with van der Waals surface area (Å²) in [5.41, 5.74) is 3.43. The van der Waals surface area contributed by atoms with Crippen LogP contribution in [-0.2, 0) is 4.74 Å². The third-order valence-electron chi connectivity index (χ3n) is 2.15. The topological polar surface area (TPSA) is 47.3 Å². The number of hydrogen-bond acceptors (Lipinski definition) is 3. The lowest BCUT2D eigenvalue weighted by atomic mass is 10.1. The highest BCUT2D eigenvalue weighted by Gasteiger charge is 2.17. The van der Waals surface area contributed by atoms with Gasteiger partial charge in [0.15, 0.2) is 0 Å². The number of nitrogens with one attached hydrogen (secondary N) is 1. The molecule has 5 heteroatoms. The van der Waals surface area contributed by atoms with E-state index in [4.69, 9.17) is 33.8 Å². The molecule has 0 radical (unpaired) electrons. The van der Waals surface area contributed by atoms with Crippen molar-refractivity contribution in [1.82, 2.24) is 5.43 Å². The fraction of sp³-hybridized carbons (Fsp3) is 0.455. The Morgan fingerprint density at radius 2 is 1.88 bits per heavy atom. The molecule has 0 aliphatic heterocycles. The second-order valence-corrected chi connectivity index (χ2v) is 4.55. The Morgan fingerprint density at radius 3 is 2.31 bits per heavy atom. The maximum atomic E-state index is 6.08. The summed E-state index contributed by atoms with van der Waals surface area (Å²) in [6.07, 6.45) is 0.136. The second kappa shape index (κ2) is 6.42. The van der Waals surface area contributed by atoms with Gasteiger partial charge in [-0.05, 0) is 26.0 Å². The lowest BCUT2D eigenvalue weighted by Gasteiger charge is -2.20. The summed E-state index contributed by atoms with van der Waals surface area (Å²) in [7, 11) is 0. The number of rotatable bonds is 5. The first-order chi connectivity index (χ1) is 7.56. The van der Waals surface area contributed by atoms with E-state index in [0.29, 0.717) is 16.7 Å². The second-order valence-electron chi connectivity index (χ2n) is 3.74. The minimum Gasteiger partial charge on any atom is -0.377 e. The van der Waals surface area contributed by atoms with Gasteiger partial charge in [0.25, 0.3) is 0 Å². The average Bonchev–Trinajstić information content (AvgIpc) is 2.22.